The monoisotopic (exact) mass is 599 g/mol. The van der Waals surface area contributed by atoms with Gasteiger partial charge in [0, 0.05) is 0 Å². The Morgan fingerprint density at radius 3 is 1.61 bits per heavy atom. The molecule has 0 unspecified atom stereocenters. The molecule has 0 aliphatic rings. The number of esters is 2. The van der Waals surface area contributed by atoms with E-state index in [1.165, 1.54) is 75.6 Å². The molecular weight excluding hydrogens is 554 g/mol. The van der Waals surface area contributed by atoms with Crippen molar-refractivity contribution in [2.45, 2.75) is 90.9 Å². The van der Waals surface area contributed by atoms with Crippen LogP contribution in [0.3, 0.4) is 0 Å². The molecule has 234 valence electrons. The van der Waals surface area contributed by atoms with Crippen molar-refractivity contribution in [2.75, 3.05) is 13.2 Å². The molecule has 0 aromatic heterocycles. The quantitative estimate of drug-likeness (QED) is 0.0725. The molecule has 7 heteroatoms. The number of nitrogens with zero attached hydrogens (tertiary/aromatic N) is 1. The van der Waals surface area contributed by atoms with Gasteiger partial charge in [0.2, 0.25) is 0 Å². The average molecular weight is 600 g/mol. The number of carbonyl (C=O) groups is 2. The first-order valence-corrected chi connectivity index (χ1v) is 16.0. The van der Waals surface area contributed by atoms with Crippen LogP contribution in [0.25, 0.3) is 0 Å². The third-order valence-corrected chi connectivity index (χ3v) is 7.19. The summed E-state index contributed by atoms with van der Waals surface area (Å²) in [7, 11) is 0. The first-order chi connectivity index (χ1) is 21.5. The van der Waals surface area contributed by atoms with Crippen molar-refractivity contribution in [1.29, 1.82) is 5.26 Å². The predicted molar refractivity (Wildman–Crippen MR) is 172 cm³/mol. The second-order valence-electron chi connectivity index (χ2n) is 10.8. The van der Waals surface area contributed by atoms with Gasteiger partial charge in [-0.1, -0.05) is 78.1 Å². The number of hydrogen-bond acceptors (Lipinski definition) is 7. The smallest absolute Gasteiger partial charge is 0.343 e. The summed E-state index contributed by atoms with van der Waals surface area (Å²) in [5, 5.41) is 9.47. The van der Waals surface area contributed by atoms with Crippen LogP contribution in [-0.4, -0.2) is 25.2 Å². The van der Waals surface area contributed by atoms with Gasteiger partial charge < -0.3 is 18.9 Å². The highest BCUT2D eigenvalue weighted by atomic mass is 16.5. The molecule has 7 nitrogen and oxygen atoms in total. The Morgan fingerprint density at radius 1 is 0.568 bits per heavy atom. The van der Waals surface area contributed by atoms with E-state index in [-0.39, 0.29) is 11.3 Å². The first-order valence-electron chi connectivity index (χ1n) is 16.0. The van der Waals surface area contributed by atoms with E-state index in [4.69, 9.17) is 18.9 Å². The van der Waals surface area contributed by atoms with Gasteiger partial charge in [-0.2, -0.15) is 5.26 Å². The van der Waals surface area contributed by atoms with Crippen LogP contribution < -0.4 is 18.9 Å². The maximum atomic E-state index is 12.8. The number of benzene rings is 3. The highest BCUT2D eigenvalue weighted by Gasteiger charge is 2.15. The Kier molecular flexibility index (Phi) is 15.4. The Morgan fingerprint density at radius 2 is 1.02 bits per heavy atom. The van der Waals surface area contributed by atoms with Gasteiger partial charge in [-0.25, -0.2) is 9.59 Å². The second kappa shape index (κ2) is 19.8. The molecule has 0 heterocycles. The van der Waals surface area contributed by atoms with Gasteiger partial charge in [0.1, 0.15) is 29.1 Å². The molecule has 3 aromatic rings. The lowest BCUT2D eigenvalue weighted by Gasteiger charge is -2.10. The molecule has 0 spiro atoms. The van der Waals surface area contributed by atoms with E-state index in [0.717, 1.165) is 31.4 Å². The lowest BCUT2D eigenvalue weighted by Crippen LogP contribution is -2.11. The zero-order chi connectivity index (χ0) is 31.4. The zero-order valence-corrected chi connectivity index (χ0v) is 26.1. The number of carbonyl (C=O) groups excluding carboxylic acids is 2. The fraction of sp³-hybridized carbons (Fsp3) is 0.432. The highest BCUT2D eigenvalue weighted by molar-refractivity contribution is 5.93. The molecule has 0 fully saturated rings. The molecule has 3 rings (SSSR count). The zero-order valence-electron chi connectivity index (χ0n) is 26.1. The van der Waals surface area contributed by atoms with Gasteiger partial charge in [-0.05, 0) is 79.6 Å². The maximum Gasteiger partial charge on any atom is 0.343 e. The lowest BCUT2D eigenvalue weighted by atomic mass is 10.1. The summed E-state index contributed by atoms with van der Waals surface area (Å²) in [5.74, 6) is 0.671. The van der Waals surface area contributed by atoms with Crippen LogP contribution in [0.5, 0.6) is 23.0 Å². The van der Waals surface area contributed by atoms with Crippen LogP contribution >= 0.6 is 0 Å². The summed E-state index contributed by atoms with van der Waals surface area (Å²) in [5.41, 5.74) is 0.955. The molecule has 0 N–H and O–H groups in total. The van der Waals surface area contributed by atoms with E-state index >= 15 is 0 Å². The van der Waals surface area contributed by atoms with Gasteiger partial charge in [0.25, 0.3) is 0 Å². The van der Waals surface area contributed by atoms with Crippen molar-refractivity contribution in [3.63, 3.8) is 0 Å². The summed E-state index contributed by atoms with van der Waals surface area (Å²) in [6.45, 7) is 5.53. The van der Waals surface area contributed by atoms with Gasteiger partial charge >= 0.3 is 11.9 Å². The van der Waals surface area contributed by atoms with Gasteiger partial charge in [-0.3, -0.25) is 0 Å². The number of nitriles is 1. The van der Waals surface area contributed by atoms with Crippen LogP contribution in [0, 0.1) is 11.3 Å². The number of ether oxygens (including phenoxy) is 4. The fourth-order valence-electron chi connectivity index (χ4n) is 4.59. The van der Waals surface area contributed by atoms with Crippen molar-refractivity contribution >= 4 is 11.9 Å². The maximum absolute atomic E-state index is 12.8. The Bertz CT molecular complexity index is 1330. The summed E-state index contributed by atoms with van der Waals surface area (Å²) >= 11 is 0. The van der Waals surface area contributed by atoms with Crippen molar-refractivity contribution in [1.82, 2.24) is 0 Å². The van der Waals surface area contributed by atoms with Crippen LogP contribution in [0.15, 0.2) is 66.7 Å². The number of unbranched alkanes of at least 4 members (excludes halogenated alkanes) is 10. The molecular formula is C37H45NO6. The van der Waals surface area contributed by atoms with Crippen LogP contribution in [-0.2, 0) is 0 Å². The van der Waals surface area contributed by atoms with Crippen LogP contribution in [0.2, 0.25) is 0 Å². The van der Waals surface area contributed by atoms with Crippen molar-refractivity contribution in [2.24, 2.45) is 0 Å². The molecule has 0 saturated carbocycles. The van der Waals surface area contributed by atoms with Crippen LogP contribution in [0.4, 0.5) is 0 Å². The molecule has 0 amide bonds. The predicted octanol–water partition coefficient (Wildman–Crippen LogP) is 9.48. The summed E-state index contributed by atoms with van der Waals surface area (Å²) in [4.78, 5) is 25.4. The number of rotatable bonds is 20. The van der Waals surface area contributed by atoms with E-state index in [1.807, 2.05) is 0 Å². The Hall–Kier alpha value is -4.31. The molecule has 0 radical (unpaired) electrons. The molecule has 0 saturated heterocycles. The SMILES string of the molecule is CCCCCCCCCCOc1cc(C(=O)Oc2ccc(C(=O)Oc3ccc(OCCCCCC)cc3)cc2)ccc1C#N. The summed E-state index contributed by atoms with van der Waals surface area (Å²) in [6.07, 6.45) is 14.0. The topological polar surface area (TPSA) is 94.8 Å². The molecule has 3 aromatic carbocycles. The minimum atomic E-state index is -0.589. The highest BCUT2D eigenvalue weighted by Crippen LogP contribution is 2.23. The van der Waals surface area contributed by atoms with Gasteiger partial charge in [0.15, 0.2) is 0 Å². The standard InChI is InChI=1S/C37H45NO6/c1-3-5-7-9-10-11-12-14-26-42-35-27-30(15-16-31(35)28-38)37(40)44-33-19-17-29(18-20-33)36(39)43-34-23-21-32(22-24-34)41-25-13-8-6-4-2/h15-24,27H,3-14,25-26H2,1-2H3. The van der Waals surface area contributed by atoms with E-state index in [1.54, 1.807) is 42.5 Å². The lowest BCUT2D eigenvalue weighted by molar-refractivity contribution is 0.0730. The third kappa shape index (κ3) is 12.1. The average Bonchev–Trinajstić information content (AvgIpc) is 3.05. The van der Waals surface area contributed by atoms with E-state index in [9.17, 15) is 14.9 Å². The Labute approximate surface area is 262 Å². The summed E-state index contributed by atoms with van der Waals surface area (Å²) in [6, 6.07) is 19.9. The molecule has 0 aliphatic carbocycles. The van der Waals surface area contributed by atoms with Crippen molar-refractivity contribution in [3.05, 3.63) is 83.4 Å². The van der Waals surface area contributed by atoms with E-state index in [2.05, 4.69) is 19.9 Å². The molecule has 44 heavy (non-hydrogen) atoms. The Balaban J connectivity index is 1.46. The summed E-state index contributed by atoms with van der Waals surface area (Å²) < 4.78 is 22.6. The van der Waals surface area contributed by atoms with Crippen molar-refractivity contribution in [3.8, 4) is 29.1 Å². The molecule has 0 aliphatic heterocycles. The van der Waals surface area contributed by atoms with Gasteiger partial charge in [0.05, 0.1) is 29.9 Å². The first kappa shape index (κ1) is 34.2. The van der Waals surface area contributed by atoms with Gasteiger partial charge in [-0.15, -0.1) is 0 Å². The van der Waals surface area contributed by atoms with E-state index in [0.29, 0.717) is 35.8 Å². The molecule has 0 atom stereocenters. The van der Waals surface area contributed by atoms with Crippen LogP contribution in [0.1, 0.15) is 117 Å². The minimum Gasteiger partial charge on any atom is -0.494 e. The second-order valence-corrected chi connectivity index (χ2v) is 10.8. The molecule has 0 bridgehead atoms. The largest absolute Gasteiger partial charge is 0.494 e. The normalized spacial score (nSPS) is 10.6. The van der Waals surface area contributed by atoms with Crippen molar-refractivity contribution < 1.29 is 28.5 Å². The fourth-order valence-corrected chi connectivity index (χ4v) is 4.59. The number of hydrogen-bond donors (Lipinski definition) is 0. The van der Waals surface area contributed by atoms with E-state index < -0.39 is 11.9 Å². The minimum absolute atomic E-state index is 0.270. The third-order valence-electron chi connectivity index (χ3n) is 7.19.